The van der Waals surface area contributed by atoms with Crippen LogP contribution in [0.1, 0.15) is 19.0 Å². The van der Waals surface area contributed by atoms with Gasteiger partial charge in [0.15, 0.2) is 0 Å². The van der Waals surface area contributed by atoms with Crippen LogP contribution in [0, 0.1) is 0 Å². The van der Waals surface area contributed by atoms with Crippen LogP contribution in [-0.2, 0) is 16.1 Å². The summed E-state index contributed by atoms with van der Waals surface area (Å²) >= 11 is 0. The fourth-order valence-corrected chi connectivity index (χ4v) is 2.72. The number of pyridine rings is 1. The maximum Gasteiger partial charge on any atom is 0.418 e. The van der Waals surface area contributed by atoms with Crippen molar-refractivity contribution in [2.24, 2.45) is 5.73 Å². The van der Waals surface area contributed by atoms with E-state index < -0.39 is 12.1 Å². The average molecular weight is 302 g/mol. The minimum atomic E-state index is -0.462. The SMILES string of the molecule is CCOC(=O)n1c(CN2CC[C@H](N)C2=O)cc2ncccc21. The number of ether oxygens (including phenoxy) is 1. The Bertz CT molecular complexity index is 725. The van der Waals surface area contributed by atoms with Gasteiger partial charge < -0.3 is 15.4 Å². The number of nitrogens with two attached hydrogens (primary N) is 1. The van der Waals surface area contributed by atoms with Gasteiger partial charge in [0, 0.05) is 12.7 Å². The first-order chi connectivity index (χ1) is 10.6. The van der Waals surface area contributed by atoms with Gasteiger partial charge in [0.25, 0.3) is 0 Å². The van der Waals surface area contributed by atoms with Gasteiger partial charge in [0.05, 0.1) is 35.9 Å². The molecule has 1 aliphatic rings. The van der Waals surface area contributed by atoms with Gasteiger partial charge in [0.1, 0.15) is 0 Å². The summed E-state index contributed by atoms with van der Waals surface area (Å²) in [5.41, 5.74) is 7.79. The number of fused-ring (bicyclic) bond motifs is 1. The van der Waals surface area contributed by atoms with Crippen LogP contribution in [0.3, 0.4) is 0 Å². The summed E-state index contributed by atoms with van der Waals surface area (Å²) < 4.78 is 6.59. The van der Waals surface area contributed by atoms with Crippen LogP contribution in [-0.4, -0.2) is 45.6 Å². The molecule has 1 atom stereocenters. The van der Waals surface area contributed by atoms with Gasteiger partial charge in [0.2, 0.25) is 5.91 Å². The summed E-state index contributed by atoms with van der Waals surface area (Å²) in [5.74, 6) is -0.0892. The third-order valence-electron chi connectivity index (χ3n) is 3.79. The van der Waals surface area contributed by atoms with Crippen molar-refractivity contribution in [1.82, 2.24) is 14.5 Å². The zero-order valence-corrected chi connectivity index (χ0v) is 12.4. The predicted octanol–water partition coefficient (Wildman–Crippen LogP) is 1.10. The van der Waals surface area contributed by atoms with Crippen molar-refractivity contribution in [3.05, 3.63) is 30.1 Å². The molecule has 116 valence electrons. The molecule has 1 amide bonds. The van der Waals surface area contributed by atoms with Crippen LogP contribution < -0.4 is 5.73 Å². The number of carbonyl (C=O) groups is 2. The fraction of sp³-hybridized carbons (Fsp3) is 0.400. The molecule has 2 N–H and O–H groups in total. The van der Waals surface area contributed by atoms with Crippen molar-refractivity contribution < 1.29 is 14.3 Å². The molecule has 7 heteroatoms. The molecule has 1 aliphatic heterocycles. The Labute approximate surface area is 127 Å². The monoisotopic (exact) mass is 302 g/mol. The third-order valence-corrected chi connectivity index (χ3v) is 3.79. The van der Waals surface area contributed by atoms with Crippen LogP contribution >= 0.6 is 0 Å². The molecule has 0 aromatic carbocycles. The third kappa shape index (κ3) is 2.43. The summed E-state index contributed by atoms with van der Waals surface area (Å²) in [6.07, 6.45) is 1.84. The Morgan fingerprint density at radius 2 is 2.36 bits per heavy atom. The van der Waals surface area contributed by atoms with E-state index in [0.717, 1.165) is 0 Å². The molecule has 0 unspecified atom stereocenters. The lowest BCUT2D eigenvalue weighted by molar-refractivity contribution is -0.129. The zero-order chi connectivity index (χ0) is 15.7. The molecule has 7 nitrogen and oxygen atoms in total. The zero-order valence-electron chi connectivity index (χ0n) is 12.4. The summed E-state index contributed by atoms with van der Waals surface area (Å²) in [7, 11) is 0. The average Bonchev–Trinajstić information content (AvgIpc) is 3.02. The first-order valence-corrected chi connectivity index (χ1v) is 7.28. The number of carbonyl (C=O) groups excluding carboxylic acids is 2. The van der Waals surface area contributed by atoms with Crippen LogP contribution in [0.15, 0.2) is 24.4 Å². The molecular formula is C15H18N4O3. The smallest absolute Gasteiger partial charge is 0.418 e. The van der Waals surface area contributed by atoms with Crippen LogP contribution in [0.5, 0.6) is 0 Å². The topological polar surface area (TPSA) is 90.5 Å². The maximum atomic E-state index is 12.2. The standard InChI is InChI=1S/C15H18N4O3/c1-2-22-15(21)19-10(8-12-13(19)4-3-6-17-12)9-18-7-5-11(16)14(18)20/h3-4,6,8,11H,2,5,7,9,16H2,1H3/t11-/m0/s1. The Balaban J connectivity index is 1.99. The first kappa shape index (κ1) is 14.5. The highest BCUT2D eigenvalue weighted by Gasteiger charge is 2.30. The first-order valence-electron chi connectivity index (χ1n) is 7.28. The van der Waals surface area contributed by atoms with Gasteiger partial charge in [-0.2, -0.15) is 0 Å². The molecule has 3 rings (SSSR count). The predicted molar refractivity (Wildman–Crippen MR) is 80.2 cm³/mol. The lowest BCUT2D eigenvalue weighted by Gasteiger charge is -2.17. The highest BCUT2D eigenvalue weighted by Crippen LogP contribution is 2.21. The molecule has 2 aromatic heterocycles. The molecule has 1 saturated heterocycles. The quantitative estimate of drug-likeness (QED) is 0.917. The molecule has 3 heterocycles. The number of aromatic nitrogens is 2. The fourth-order valence-electron chi connectivity index (χ4n) is 2.72. The van der Waals surface area contributed by atoms with Gasteiger partial charge in [-0.25, -0.2) is 9.36 Å². The van der Waals surface area contributed by atoms with E-state index in [2.05, 4.69) is 4.98 Å². The molecule has 0 aliphatic carbocycles. The number of amides is 1. The second-order valence-electron chi connectivity index (χ2n) is 5.23. The lowest BCUT2D eigenvalue weighted by Crippen LogP contribution is -2.34. The van der Waals surface area contributed by atoms with E-state index in [1.54, 1.807) is 30.2 Å². The van der Waals surface area contributed by atoms with E-state index in [0.29, 0.717) is 36.2 Å². The molecule has 0 spiro atoms. The normalized spacial score (nSPS) is 18.2. The van der Waals surface area contributed by atoms with Crippen LogP contribution in [0.25, 0.3) is 11.0 Å². The number of likely N-dealkylation sites (tertiary alicyclic amines) is 1. The highest BCUT2D eigenvalue weighted by molar-refractivity contribution is 5.89. The molecule has 0 saturated carbocycles. The Hall–Kier alpha value is -2.41. The van der Waals surface area contributed by atoms with Crippen molar-refractivity contribution >= 4 is 23.0 Å². The molecule has 22 heavy (non-hydrogen) atoms. The van der Waals surface area contributed by atoms with Crippen LogP contribution in [0.4, 0.5) is 4.79 Å². The van der Waals surface area contributed by atoms with E-state index in [9.17, 15) is 9.59 Å². The van der Waals surface area contributed by atoms with Gasteiger partial charge in [-0.1, -0.05) is 0 Å². The Kier molecular flexibility index (Phi) is 3.81. The summed E-state index contributed by atoms with van der Waals surface area (Å²) in [6.45, 7) is 2.95. The second kappa shape index (κ2) is 5.76. The molecule has 1 fully saturated rings. The van der Waals surface area contributed by atoms with Gasteiger partial charge >= 0.3 is 6.09 Å². The summed E-state index contributed by atoms with van der Waals surface area (Å²) in [4.78, 5) is 30.2. The van der Waals surface area contributed by atoms with E-state index in [1.807, 2.05) is 6.07 Å². The summed E-state index contributed by atoms with van der Waals surface area (Å²) in [6, 6.07) is 4.93. The number of nitrogens with zero attached hydrogens (tertiary/aromatic N) is 3. The molecular weight excluding hydrogens is 284 g/mol. The lowest BCUT2D eigenvalue weighted by atomic mass is 10.3. The van der Waals surface area contributed by atoms with E-state index in [-0.39, 0.29) is 12.5 Å². The number of hydrogen-bond acceptors (Lipinski definition) is 5. The molecule has 0 radical (unpaired) electrons. The number of rotatable bonds is 3. The molecule has 2 aromatic rings. The number of hydrogen-bond donors (Lipinski definition) is 1. The summed E-state index contributed by atoms with van der Waals surface area (Å²) in [5, 5.41) is 0. The highest BCUT2D eigenvalue weighted by atomic mass is 16.5. The van der Waals surface area contributed by atoms with Crippen molar-refractivity contribution in [3.63, 3.8) is 0 Å². The van der Waals surface area contributed by atoms with Gasteiger partial charge in [-0.3, -0.25) is 9.78 Å². The van der Waals surface area contributed by atoms with E-state index in [4.69, 9.17) is 10.5 Å². The van der Waals surface area contributed by atoms with Crippen LogP contribution in [0.2, 0.25) is 0 Å². The van der Waals surface area contributed by atoms with E-state index in [1.165, 1.54) is 4.57 Å². The minimum Gasteiger partial charge on any atom is -0.449 e. The second-order valence-corrected chi connectivity index (χ2v) is 5.23. The Morgan fingerprint density at radius 1 is 1.55 bits per heavy atom. The van der Waals surface area contributed by atoms with E-state index >= 15 is 0 Å². The molecule has 0 bridgehead atoms. The minimum absolute atomic E-state index is 0.0892. The maximum absolute atomic E-state index is 12.2. The van der Waals surface area contributed by atoms with Crippen molar-refractivity contribution in [2.45, 2.75) is 25.9 Å². The Morgan fingerprint density at radius 3 is 3.05 bits per heavy atom. The largest absolute Gasteiger partial charge is 0.449 e. The van der Waals surface area contributed by atoms with Crippen molar-refractivity contribution in [1.29, 1.82) is 0 Å². The van der Waals surface area contributed by atoms with Crippen molar-refractivity contribution in [2.75, 3.05) is 13.2 Å². The van der Waals surface area contributed by atoms with Crippen molar-refractivity contribution in [3.8, 4) is 0 Å². The van der Waals surface area contributed by atoms with Gasteiger partial charge in [-0.15, -0.1) is 0 Å². The van der Waals surface area contributed by atoms with Gasteiger partial charge in [-0.05, 0) is 31.5 Å².